The molecule has 0 aromatic carbocycles. The molecule has 0 aliphatic heterocycles. The van der Waals surface area contributed by atoms with Crippen molar-refractivity contribution in [3.63, 3.8) is 0 Å². The molecule has 0 fully saturated rings. The van der Waals surface area contributed by atoms with Crippen molar-refractivity contribution in [3.8, 4) is 0 Å². The molecule has 8 amide bonds. The Morgan fingerprint density at radius 1 is 0.234 bits per heavy atom. The SMILES string of the molecule is CCC(C)(C)C(=O)OCCCN(C)C.CCC(C)(C)C(=O)OCCCNC(C)=O.CCC(C)(C)C(=O)OCCN(C)C.CCC(C)(C)C(=O)OCCNC(=O)NC.CCC(C)(C)C(=O)OCCNC(C)=O.CCC(C)C(=O)OCCCN(C)C.CCC(C)C(=O)OCCCNC(C)=O.CCC(C)C(=O)OCCN(C)C.CCC(C)C(=O)OCCNC(=O)NC.CCC(C)C(=O)OCCNC(C)=O. The molecule has 0 aliphatic rings. The third-order valence-corrected chi connectivity index (χ3v) is 20.8. The number of ether oxygens (including phenoxy) is 10. The Labute approximate surface area is 827 Å². The fraction of sp³-hybridized carbons (Fsp3) is 0.838. The van der Waals surface area contributed by atoms with E-state index in [0.717, 1.165) is 103 Å². The molecule has 5 atom stereocenters. The molecule has 137 heavy (non-hydrogen) atoms. The van der Waals surface area contributed by atoms with E-state index in [0.29, 0.717) is 91.8 Å². The molecule has 0 radical (unpaired) electrons. The maximum Gasteiger partial charge on any atom is 0.314 e. The van der Waals surface area contributed by atoms with Gasteiger partial charge in [-0.1, -0.05) is 104 Å². The summed E-state index contributed by atoms with van der Waals surface area (Å²) in [5.74, 6) is -1.97. The molecule has 0 saturated carbocycles. The van der Waals surface area contributed by atoms with Crippen LogP contribution in [-0.4, -0.2) is 317 Å². The van der Waals surface area contributed by atoms with E-state index in [1.165, 1.54) is 41.8 Å². The number of likely N-dealkylation sites (N-methyl/N-ethyl adjacent to an activating group) is 2. The lowest BCUT2D eigenvalue weighted by atomic mass is 9.91. The zero-order valence-electron chi connectivity index (χ0n) is 92.8. The first-order valence-electron chi connectivity index (χ1n) is 48.6. The zero-order chi connectivity index (χ0) is 109. The molecule has 5 unspecified atom stereocenters. The van der Waals surface area contributed by atoms with E-state index in [4.69, 9.17) is 47.4 Å². The average molecular weight is 1970 g/mol. The van der Waals surface area contributed by atoms with Gasteiger partial charge in [0.2, 0.25) is 23.6 Å². The highest BCUT2D eigenvalue weighted by atomic mass is 16.6. The van der Waals surface area contributed by atoms with Gasteiger partial charge in [0.1, 0.15) is 39.6 Å². The lowest BCUT2D eigenvalue weighted by molar-refractivity contribution is -0.155. The van der Waals surface area contributed by atoms with Crippen LogP contribution in [0.2, 0.25) is 0 Å². The van der Waals surface area contributed by atoms with E-state index >= 15 is 0 Å². The van der Waals surface area contributed by atoms with Crippen molar-refractivity contribution in [1.82, 2.24) is 62.1 Å². The second-order valence-corrected chi connectivity index (χ2v) is 36.8. The Balaban J connectivity index is -0.000000164. The highest BCUT2D eigenvalue weighted by molar-refractivity contribution is 5.80. The summed E-state index contributed by atoms with van der Waals surface area (Å²) in [6, 6.07) is -0.551. The zero-order valence-corrected chi connectivity index (χ0v) is 92.8. The predicted molar refractivity (Wildman–Crippen MR) is 540 cm³/mol. The van der Waals surface area contributed by atoms with Gasteiger partial charge in [0.15, 0.2) is 0 Å². The summed E-state index contributed by atoms with van der Waals surface area (Å²) in [5, 5.41) is 20.2. The van der Waals surface area contributed by atoms with Crippen molar-refractivity contribution in [2.75, 3.05) is 202 Å². The van der Waals surface area contributed by atoms with E-state index in [9.17, 15) is 76.7 Å². The Morgan fingerprint density at radius 2 is 0.401 bits per heavy atom. The number of hydrogen-bond donors (Lipinski definition) is 8. The number of esters is 10. The summed E-state index contributed by atoms with van der Waals surface area (Å²) in [6.07, 6.45) is 11.0. The van der Waals surface area contributed by atoms with Crippen molar-refractivity contribution in [3.05, 3.63) is 0 Å². The van der Waals surface area contributed by atoms with Crippen molar-refractivity contribution >= 4 is 95.4 Å². The number of rotatable bonds is 54. The third kappa shape index (κ3) is 101. The Kier molecular flexibility index (Phi) is 99.6. The number of hydrogen-bond acceptors (Lipinski definition) is 30. The maximum absolute atomic E-state index is 11.5. The first-order chi connectivity index (χ1) is 63.4. The first kappa shape index (κ1) is 148. The minimum atomic E-state index is -0.451. The predicted octanol–water partition coefficient (Wildman–Crippen LogP) is 11.9. The van der Waals surface area contributed by atoms with Crippen LogP contribution < -0.4 is 42.5 Å². The minimum absolute atomic E-state index is 0.0317. The summed E-state index contributed by atoms with van der Waals surface area (Å²) < 4.78 is 50.3. The van der Waals surface area contributed by atoms with Crippen molar-refractivity contribution < 1.29 is 124 Å². The molecule has 0 spiro atoms. The van der Waals surface area contributed by atoms with Gasteiger partial charge in [-0.3, -0.25) is 67.1 Å². The molecule has 0 rings (SSSR count). The third-order valence-electron chi connectivity index (χ3n) is 20.8. The van der Waals surface area contributed by atoms with Crippen molar-refractivity contribution in [1.29, 1.82) is 0 Å². The Bertz CT molecular complexity index is 3210. The lowest BCUT2D eigenvalue weighted by Gasteiger charge is -2.20. The molecule has 0 bridgehead atoms. The number of carbonyl (C=O) groups excluding carboxylic acids is 16. The first-order valence-corrected chi connectivity index (χ1v) is 48.6. The lowest BCUT2D eigenvalue weighted by Crippen LogP contribution is -2.36. The Morgan fingerprint density at radius 3 is 0.613 bits per heavy atom. The molecule has 38 nitrogen and oxygen atoms in total. The summed E-state index contributed by atoms with van der Waals surface area (Å²) >= 11 is 0. The van der Waals surface area contributed by atoms with Crippen LogP contribution in [0, 0.1) is 56.7 Å². The largest absolute Gasteiger partial charge is 0.465 e. The van der Waals surface area contributed by atoms with Crippen LogP contribution >= 0.6 is 0 Å². The van der Waals surface area contributed by atoms with Gasteiger partial charge in [-0.15, -0.1) is 0 Å². The molecule has 0 heterocycles. The molecule has 38 heteroatoms. The molecular formula is C99H198N12O26. The van der Waals surface area contributed by atoms with Crippen LogP contribution in [0.1, 0.15) is 291 Å². The summed E-state index contributed by atoms with van der Waals surface area (Å²) in [5.41, 5.74) is -1.97. The smallest absolute Gasteiger partial charge is 0.314 e. The fourth-order valence-electron chi connectivity index (χ4n) is 7.55. The van der Waals surface area contributed by atoms with Gasteiger partial charge < -0.3 is 110 Å². The van der Waals surface area contributed by atoms with Gasteiger partial charge in [-0.25, -0.2) is 9.59 Å². The number of amides is 8. The highest BCUT2D eigenvalue weighted by Gasteiger charge is 2.31. The van der Waals surface area contributed by atoms with E-state index < -0.39 is 16.2 Å². The standard InChI is InChI=1S/C11H21NO3.C11H23NO2.C10H20N2O3.2C10H19NO3.2C10H21NO2.C9H18N2O3.C9H17NO3.C9H19NO2/c1-5-11(3,4)10(14)15-8-6-7-12-9(2)13;1-6-11(2,3)10(13)14-9-7-8-12(4)5;1-5-10(2,3)8(13)15-7-6-12-9(14)11-4;1-5-10(3,4)9(13)14-7-6-11-8(2)12;1-4-8(2)10(13)14-7-5-6-11-9(3)12;1-6-10(2,3)9(12)13-8-7-11(4)5;1-5-9(2)10(12)13-8-6-7-11(3)4;1-4-7(2)8(12)14-6-5-11-9(13)10-3;1-4-7(2)9(12)13-6-5-10-8(3)11;1-5-8(2)9(11)12-7-6-10(3)4/h5-8H2,1-4H3,(H,12,13);6-9H2,1-5H3;5-7H2,1-4H3,(H2,11,12,14);5-7H2,1-4H3,(H,11,12);8H,4-7H2,1-3H3,(H,11,12);6-8H2,1-5H3;9H,5-8H2,1-4H3;7H,4-6H2,1-3H3,(H2,10,11,13);7H,4-6H2,1-3H3,(H,10,11);8H,5-7H2,1-4H3. The van der Waals surface area contributed by atoms with Crippen molar-refractivity contribution in [2.24, 2.45) is 56.7 Å². The maximum atomic E-state index is 11.5. The van der Waals surface area contributed by atoms with Crippen LogP contribution in [0.25, 0.3) is 0 Å². The number of carbonyl (C=O) groups is 16. The van der Waals surface area contributed by atoms with Gasteiger partial charge >= 0.3 is 71.8 Å². The number of urea groups is 2. The van der Waals surface area contributed by atoms with Gasteiger partial charge in [0.25, 0.3) is 0 Å². The minimum Gasteiger partial charge on any atom is -0.465 e. The molecular weight excluding hydrogens is 1770 g/mol. The summed E-state index contributed by atoms with van der Waals surface area (Å²) in [6.45, 7) is 63.1. The Hall–Kier alpha value is -9.04. The molecule has 0 aromatic rings. The van der Waals surface area contributed by atoms with Crippen molar-refractivity contribution in [2.45, 2.75) is 291 Å². The monoisotopic (exact) mass is 1970 g/mol. The number of nitrogens with one attached hydrogen (secondary N) is 8. The fourth-order valence-corrected chi connectivity index (χ4v) is 7.55. The molecule has 0 saturated heterocycles. The number of nitrogens with zero attached hydrogens (tertiary/aromatic N) is 4. The molecule has 0 aromatic heterocycles. The van der Waals surface area contributed by atoms with Gasteiger partial charge in [-0.2, -0.15) is 0 Å². The van der Waals surface area contributed by atoms with Crippen LogP contribution in [0.4, 0.5) is 9.59 Å². The van der Waals surface area contributed by atoms with Gasteiger partial charge in [-0.05, 0) is 216 Å². The van der Waals surface area contributed by atoms with Crippen LogP contribution in [0.15, 0.2) is 0 Å². The van der Waals surface area contributed by atoms with Gasteiger partial charge in [0, 0.05) is 81.1 Å². The molecule has 8 N–H and O–H groups in total. The highest BCUT2D eigenvalue weighted by Crippen LogP contribution is 2.25. The summed E-state index contributed by atoms with van der Waals surface area (Å²) in [7, 11) is 18.9. The quantitative estimate of drug-likeness (QED) is 0.0159. The second kappa shape index (κ2) is 92.0. The van der Waals surface area contributed by atoms with Crippen LogP contribution in [-0.2, 0) is 114 Å². The van der Waals surface area contributed by atoms with E-state index in [1.54, 1.807) is 0 Å². The van der Waals surface area contributed by atoms with Gasteiger partial charge in [0.05, 0.1) is 109 Å². The normalized spacial score (nSPS) is 11.7. The van der Waals surface area contributed by atoms with Crippen LogP contribution in [0.3, 0.4) is 0 Å². The topological polar surface area (TPSA) is 475 Å². The second-order valence-electron chi connectivity index (χ2n) is 36.8. The molecule has 810 valence electrons. The van der Waals surface area contributed by atoms with E-state index in [2.05, 4.69) is 52.3 Å². The summed E-state index contributed by atoms with van der Waals surface area (Å²) in [4.78, 5) is 184. The van der Waals surface area contributed by atoms with E-state index in [-0.39, 0.29) is 162 Å². The average Bonchev–Trinajstić information content (AvgIpc) is 0.911. The van der Waals surface area contributed by atoms with E-state index in [1.807, 2.05) is 239 Å². The molecule has 0 aliphatic carbocycles. The van der Waals surface area contributed by atoms with Crippen LogP contribution in [0.5, 0.6) is 0 Å².